The molecule has 0 radical (unpaired) electrons. The Hall–Kier alpha value is -2.67. The number of nitrogens with two attached hydrogens (primary N) is 1. The van der Waals surface area contributed by atoms with E-state index < -0.39 is 11.5 Å². The lowest BCUT2D eigenvalue weighted by Gasteiger charge is -2.42. The van der Waals surface area contributed by atoms with Gasteiger partial charge in [0.2, 0.25) is 5.91 Å². The Morgan fingerprint density at radius 1 is 1.19 bits per heavy atom. The van der Waals surface area contributed by atoms with E-state index in [-0.39, 0.29) is 6.61 Å². The zero-order valence-electron chi connectivity index (χ0n) is 17.6. The zero-order chi connectivity index (χ0) is 21.8. The second kappa shape index (κ2) is 9.22. The molecule has 3 aromatic rings. The van der Waals surface area contributed by atoms with Crippen molar-refractivity contribution < 1.29 is 9.53 Å². The highest BCUT2D eigenvalue weighted by Gasteiger charge is 2.39. The van der Waals surface area contributed by atoms with E-state index >= 15 is 0 Å². The molecule has 1 aromatic heterocycles. The molecule has 1 aliphatic rings. The van der Waals surface area contributed by atoms with Crippen LogP contribution in [0.5, 0.6) is 0 Å². The van der Waals surface area contributed by atoms with E-state index in [9.17, 15) is 4.79 Å². The first-order valence-corrected chi connectivity index (χ1v) is 10.8. The average molecular weight is 439 g/mol. The molecule has 0 atom stereocenters. The van der Waals surface area contributed by atoms with Gasteiger partial charge in [0.05, 0.1) is 17.5 Å². The van der Waals surface area contributed by atoms with Gasteiger partial charge in [-0.3, -0.25) is 9.69 Å². The minimum atomic E-state index is -0.561. The van der Waals surface area contributed by atoms with Crippen LogP contribution in [0.25, 0.3) is 5.69 Å². The molecule has 4 rings (SSSR count). The number of nitrogens with zero attached hydrogens (tertiary/aromatic N) is 3. The van der Waals surface area contributed by atoms with Crippen molar-refractivity contribution in [3.05, 3.63) is 82.6 Å². The minimum absolute atomic E-state index is 0.101. The SMILES string of the molecule is Cc1ccc(Cl)cc1C1(OCC(N)=O)CCN(Cc2cnn(-c3ccccc3)c2)CC1. The van der Waals surface area contributed by atoms with E-state index in [0.29, 0.717) is 5.02 Å². The first-order valence-electron chi connectivity index (χ1n) is 10.5. The first-order chi connectivity index (χ1) is 14.9. The molecular formula is C24H27ClN4O2. The Kier molecular flexibility index (Phi) is 6.41. The maximum absolute atomic E-state index is 11.4. The predicted molar refractivity (Wildman–Crippen MR) is 121 cm³/mol. The first kappa shape index (κ1) is 21.6. The average Bonchev–Trinajstić information content (AvgIpc) is 3.24. The Morgan fingerprint density at radius 2 is 1.94 bits per heavy atom. The molecule has 0 saturated carbocycles. The van der Waals surface area contributed by atoms with Crippen molar-refractivity contribution in [2.24, 2.45) is 5.73 Å². The van der Waals surface area contributed by atoms with E-state index in [2.05, 4.69) is 16.2 Å². The highest BCUT2D eigenvalue weighted by molar-refractivity contribution is 6.30. The second-order valence-electron chi connectivity index (χ2n) is 8.11. The highest BCUT2D eigenvalue weighted by Crippen LogP contribution is 2.39. The van der Waals surface area contributed by atoms with Crippen molar-refractivity contribution in [1.29, 1.82) is 0 Å². The molecule has 0 unspecified atom stereocenters. The monoisotopic (exact) mass is 438 g/mol. The largest absolute Gasteiger partial charge is 0.368 e. The van der Waals surface area contributed by atoms with Gasteiger partial charge in [0.25, 0.3) is 0 Å². The van der Waals surface area contributed by atoms with Crippen molar-refractivity contribution in [1.82, 2.24) is 14.7 Å². The van der Waals surface area contributed by atoms with E-state index in [1.54, 1.807) is 0 Å². The van der Waals surface area contributed by atoms with E-state index in [1.165, 1.54) is 0 Å². The summed E-state index contributed by atoms with van der Waals surface area (Å²) in [4.78, 5) is 13.8. The summed E-state index contributed by atoms with van der Waals surface area (Å²) in [5.74, 6) is -0.463. The Balaban J connectivity index is 1.47. The topological polar surface area (TPSA) is 73.4 Å². The highest BCUT2D eigenvalue weighted by atomic mass is 35.5. The lowest BCUT2D eigenvalue weighted by Crippen LogP contribution is -2.45. The number of hydrogen-bond acceptors (Lipinski definition) is 4. The number of primary amides is 1. The van der Waals surface area contributed by atoms with Gasteiger partial charge in [0, 0.05) is 36.4 Å². The molecular weight excluding hydrogens is 412 g/mol. The number of hydrogen-bond donors (Lipinski definition) is 1. The van der Waals surface area contributed by atoms with Crippen LogP contribution in [-0.4, -0.2) is 40.3 Å². The van der Waals surface area contributed by atoms with Crippen molar-refractivity contribution in [3.63, 3.8) is 0 Å². The number of rotatable bonds is 7. The van der Waals surface area contributed by atoms with Crippen LogP contribution in [-0.2, 0) is 21.7 Å². The molecule has 0 spiro atoms. The third-order valence-corrected chi connectivity index (χ3v) is 6.14. The van der Waals surface area contributed by atoms with Gasteiger partial charge in [-0.15, -0.1) is 0 Å². The summed E-state index contributed by atoms with van der Waals surface area (Å²) in [5, 5.41) is 5.16. The summed E-state index contributed by atoms with van der Waals surface area (Å²) in [6.45, 7) is 4.43. The quantitative estimate of drug-likeness (QED) is 0.608. The number of aryl methyl sites for hydroxylation is 1. The van der Waals surface area contributed by atoms with E-state index in [4.69, 9.17) is 22.1 Å². The molecule has 0 aliphatic carbocycles. The summed E-state index contributed by atoms with van der Waals surface area (Å²) < 4.78 is 8.04. The normalized spacial score (nSPS) is 16.3. The predicted octanol–water partition coefficient (Wildman–Crippen LogP) is 3.83. The molecule has 1 saturated heterocycles. The second-order valence-corrected chi connectivity index (χ2v) is 8.55. The number of carbonyl (C=O) groups excluding carboxylic acids is 1. The molecule has 2 aromatic carbocycles. The van der Waals surface area contributed by atoms with Crippen LogP contribution < -0.4 is 5.73 Å². The molecule has 0 bridgehead atoms. The number of amides is 1. The van der Waals surface area contributed by atoms with E-state index in [1.807, 2.05) is 66.3 Å². The maximum atomic E-state index is 11.4. The Morgan fingerprint density at radius 3 is 2.65 bits per heavy atom. The molecule has 1 fully saturated rings. The summed E-state index contributed by atoms with van der Waals surface area (Å²) in [6, 6.07) is 15.9. The molecule has 7 heteroatoms. The summed E-state index contributed by atoms with van der Waals surface area (Å²) >= 11 is 6.28. The van der Waals surface area contributed by atoms with Crippen LogP contribution in [0.15, 0.2) is 60.9 Å². The number of halogens is 1. The Bertz CT molecular complexity index is 1040. The van der Waals surface area contributed by atoms with Crippen LogP contribution in [0.1, 0.15) is 29.5 Å². The fourth-order valence-corrected chi connectivity index (χ4v) is 4.45. The van der Waals surface area contributed by atoms with Gasteiger partial charge in [-0.2, -0.15) is 5.10 Å². The molecule has 1 aliphatic heterocycles. The van der Waals surface area contributed by atoms with Gasteiger partial charge in [0.15, 0.2) is 0 Å². The van der Waals surface area contributed by atoms with Crippen LogP contribution in [0.2, 0.25) is 5.02 Å². The molecule has 162 valence electrons. The molecule has 1 amide bonds. The fourth-order valence-electron chi connectivity index (χ4n) is 4.28. The molecule has 2 N–H and O–H groups in total. The summed E-state index contributed by atoms with van der Waals surface area (Å²) in [7, 11) is 0. The summed E-state index contributed by atoms with van der Waals surface area (Å²) in [5.41, 5.74) is 9.17. The van der Waals surface area contributed by atoms with Crippen LogP contribution in [0.3, 0.4) is 0 Å². The number of piperidine rings is 1. The lowest BCUT2D eigenvalue weighted by molar-refractivity contribution is -0.136. The smallest absolute Gasteiger partial charge is 0.243 e. The number of aromatic nitrogens is 2. The maximum Gasteiger partial charge on any atom is 0.243 e. The minimum Gasteiger partial charge on any atom is -0.368 e. The summed E-state index contributed by atoms with van der Waals surface area (Å²) in [6.07, 6.45) is 5.50. The third kappa shape index (κ3) is 4.98. The van der Waals surface area contributed by atoms with Crippen molar-refractivity contribution >= 4 is 17.5 Å². The van der Waals surface area contributed by atoms with Gasteiger partial charge in [-0.1, -0.05) is 35.9 Å². The standard InChI is InChI=1S/C24H27ClN4O2/c1-18-7-8-20(25)13-22(18)24(31-17-23(26)30)9-11-28(12-10-24)15-19-14-27-29(16-19)21-5-3-2-4-6-21/h2-8,13-14,16H,9-12,15,17H2,1H3,(H2,26,30). The number of benzene rings is 2. The van der Waals surface area contributed by atoms with Gasteiger partial charge in [-0.25, -0.2) is 4.68 Å². The van der Waals surface area contributed by atoms with Crippen LogP contribution in [0.4, 0.5) is 0 Å². The van der Waals surface area contributed by atoms with Gasteiger partial charge in [0.1, 0.15) is 6.61 Å². The van der Waals surface area contributed by atoms with Crippen LogP contribution in [0, 0.1) is 6.92 Å². The van der Waals surface area contributed by atoms with Gasteiger partial charge >= 0.3 is 0 Å². The number of ether oxygens (including phenoxy) is 1. The van der Waals surface area contributed by atoms with Gasteiger partial charge < -0.3 is 10.5 Å². The van der Waals surface area contributed by atoms with Crippen molar-refractivity contribution in [3.8, 4) is 5.69 Å². The number of carbonyl (C=O) groups is 1. The third-order valence-electron chi connectivity index (χ3n) is 5.91. The fraction of sp³-hybridized carbons (Fsp3) is 0.333. The van der Waals surface area contributed by atoms with Gasteiger partial charge in [-0.05, 0) is 55.2 Å². The Labute approximate surface area is 187 Å². The molecule has 31 heavy (non-hydrogen) atoms. The zero-order valence-corrected chi connectivity index (χ0v) is 18.4. The lowest BCUT2D eigenvalue weighted by atomic mass is 9.81. The number of para-hydroxylation sites is 1. The van der Waals surface area contributed by atoms with E-state index in [0.717, 1.165) is 54.9 Å². The van der Waals surface area contributed by atoms with Crippen molar-refractivity contribution in [2.75, 3.05) is 19.7 Å². The van der Waals surface area contributed by atoms with Crippen molar-refractivity contribution in [2.45, 2.75) is 31.9 Å². The van der Waals surface area contributed by atoms with Crippen LogP contribution >= 0.6 is 11.6 Å². The molecule has 6 nitrogen and oxygen atoms in total. The number of likely N-dealkylation sites (tertiary alicyclic amines) is 1. The molecule has 2 heterocycles.